The van der Waals surface area contributed by atoms with Crippen LogP contribution in [0.3, 0.4) is 0 Å². The number of imidazole rings is 1. The Morgan fingerprint density at radius 1 is 1.25 bits per heavy atom. The van der Waals surface area contributed by atoms with Gasteiger partial charge in [0.15, 0.2) is 0 Å². The first-order valence-corrected chi connectivity index (χ1v) is 7.53. The second-order valence-electron chi connectivity index (χ2n) is 4.93. The first-order chi connectivity index (χ1) is 9.61. The third-order valence-electron chi connectivity index (χ3n) is 3.62. The highest BCUT2D eigenvalue weighted by Crippen LogP contribution is 2.24. The van der Waals surface area contributed by atoms with Crippen LogP contribution in [-0.4, -0.2) is 19.3 Å². The molecule has 0 spiro atoms. The lowest BCUT2D eigenvalue weighted by Gasteiger charge is -2.09. The van der Waals surface area contributed by atoms with E-state index in [2.05, 4.69) is 50.7 Å². The number of benzene rings is 1. The van der Waals surface area contributed by atoms with Crippen LogP contribution in [0.15, 0.2) is 28.7 Å². The van der Waals surface area contributed by atoms with Gasteiger partial charge in [0.1, 0.15) is 5.82 Å². The molecule has 3 aromatic rings. The molecule has 0 saturated heterocycles. The molecule has 4 nitrogen and oxygen atoms in total. The molecule has 5 heteroatoms. The number of aromatic nitrogens is 4. The van der Waals surface area contributed by atoms with Crippen molar-refractivity contribution in [2.24, 2.45) is 7.05 Å². The molecule has 0 N–H and O–H groups in total. The minimum atomic E-state index is 0.779. The summed E-state index contributed by atoms with van der Waals surface area (Å²) < 4.78 is 5.30. The number of aryl methyl sites for hydroxylation is 3. The lowest BCUT2D eigenvalue weighted by molar-refractivity contribution is 0.653. The van der Waals surface area contributed by atoms with Crippen molar-refractivity contribution in [3.63, 3.8) is 0 Å². The molecule has 0 aliphatic heterocycles. The summed E-state index contributed by atoms with van der Waals surface area (Å²) in [5.74, 6) is 1.11. The van der Waals surface area contributed by atoms with E-state index in [4.69, 9.17) is 4.98 Å². The van der Waals surface area contributed by atoms with Crippen molar-refractivity contribution in [3.8, 4) is 0 Å². The highest BCUT2D eigenvalue weighted by molar-refractivity contribution is 9.10. The van der Waals surface area contributed by atoms with E-state index in [0.29, 0.717) is 0 Å². The Bertz CT molecular complexity index is 770. The predicted octanol–water partition coefficient (Wildman–Crippen LogP) is 3.45. The number of halogens is 1. The van der Waals surface area contributed by atoms with Gasteiger partial charge in [-0.15, -0.1) is 0 Å². The number of hydrogen-bond acceptors (Lipinski definition) is 2. The van der Waals surface area contributed by atoms with Crippen molar-refractivity contribution < 1.29 is 0 Å². The maximum atomic E-state index is 4.71. The molecule has 0 fully saturated rings. The van der Waals surface area contributed by atoms with Gasteiger partial charge in [-0.1, -0.05) is 19.1 Å². The molecule has 0 bridgehead atoms. The van der Waals surface area contributed by atoms with E-state index < -0.39 is 0 Å². The monoisotopic (exact) mass is 332 g/mol. The number of fused-ring (bicyclic) bond motifs is 1. The summed E-state index contributed by atoms with van der Waals surface area (Å²) in [6.45, 7) is 4.93. The topological polar surface area (TPSA) is 35.6 Å². The third kappa shape index (κ3) is 2.06. The number of rotatable bonds is 3. The minimum absolute atomic E-state index is 0.779. The van der Waals surface area contributed by atoms with Crippen LogP contribution in [0.25, 0.3) is 11.0 Å². The van der Waals surface area contributed by atoms with Gasteiger partial charge in [-0.3, -0.25) is 4.68 Å². The third-order valence-corrected chi connectivity index (χ3v) is 4.65. The molecule has 2 heterocycles. The Morgan fingerprint density at radius 3 is 2.65 bits per heavy atom. The molecule has 104 valence electrons. The maximum Gasteiger partial charge on any atom is 0.109 e. The summed E-state index contributed by atoms with van der Waals surface area (Å²) in [7, 11) is 1.98. The van der Waals surface area contributed by atoms with Gasteiger partial charge in [-0.2, -0.15) is 5.10 Å². The van der Waals surface area contributed by atoms with E-state index in [0.717, 1.165) is 34.5 Å². The zero-order valence-corrected chi connectivity index (χ0v) is 13.5. The lowest BCUT2D eigenvalue weighted by Crippen LogP contribution is -2.09. The van der Waals surface area contributed by atoms with Crippen LogP contribution >= 0.6 is 15.9 Å². The predicted molar refractivity (Wildman–Crippen MR) is 83.9 cm³/mol. The van der Waals surface area contributed by atoms with Gasteiger partial charge in [0.25, 0.3) is 0 Å². The van der Waals surface area contributed by atoms with Crippen LogP contribution in [0.4, 0.5) is 0 Å². The number of hydrogen-bond donors (Lipinski definition) is 0. The molecule has 0 radical (unpaired) electrons. The Kier molecular flexibility index (Phi) is 3.38. The molecule has 0 aliphatic carbocycles. The SMILES string of the molecule is CCc1nc2ccccc2n1Cc1c(Br)c(C)nn1C. The van der Waals surface area contributed by atoms with Gasteiger partial charge in [-0.25, -0.2) is 4.98 Å². The van der Waals surface area contributed by atoms with Gasteiger partial charge < -0.3 is 4.57 Å². The van der Waals surface area contributed by atoms with Gasteiger partial charge in [0.2, 0.25) is 0 Å². The van der Waals surface area contributed by atoms with Crippen LogP contribution in [0.1, 0.15) is 24.1 Å². The number of nitrogens with zero attached hydrogens (tertiary/aromatic N) is 4. The smallest absolute Gasteiger partial charge is 0.109 e. The molecule has 0 saturated carbocycles. The van der Waals surface area contributed by atoms with E-state index in [1.807, 2.05) is 24.7 Å². The average molecular weight is 333 g/mol. The molecule has 1 aromatic carbocycles. The largest absolute Gasteiger partial charge is 0.322 e. The fraction of sp³-hybridized carbons (Fsp3) is 0.333. The van der Waals surface area contributed by atoms with Gasteiger partial charge in [-0.05, 0) is 35.0 Å². The molecule has 0 atom stereocenters. The standard InChI is InChI=1S/C15H17BrN4/c1-4-14-17-11-7-5-6-8-12(11)20(14)9-13-15(16)10(2)18-19(13)3/h5-8H,4,9H2,1-3H3. The second kappa shape index (κ2) is 5.05. The van der Waals surface area contributed by atoms with Gasteiger partial charge in [0, 0.05) is 13.5 Å². The Labute approximate surface area is 126 Å². The minimum Gasteiger partial charge on any atom is -0.322 e. The van der Waals surface area contributed by atoms with Crippen molar-refractivity contribution in [3.05, 3.63) is 46.0 Å². The van der Waals surface area contributed by atoms with E-state index in [-0.39, 0.29) is 0 Å². The van der Waals surface area contributed by atoms with Crippen molar-refractivity contribution >= 4 is 27.0 Å². The molecular weight excluding hydrogens is 316 g/mol. The molecular formula is C15H17BrN4. The van der Waals surface area contributed by atoms with Crippen molar-refractivity contribution in [2.75, 3.05) is 0 Å². The zero-order valence-electron chi connectivity index (χ0n) is 11.9. The zero-order chi connectivity index (χ0) is 14.3. The molecule has 0 aliphatic rings. The molecule has 0 unspecified atom stereocenters. The van der Waals surface area contributed by atoms with E-state index in [9.17, 15) is 0 Å². The highest BCUT2D eigenvalue weighted by Gasteiger charge is 2.15. The summed E-state index contributed by atoms with van der Waals surface area (Å²) in [5.41, 5.74) is 4.42. The average Bonchev–Trinajstić information content (AvgIpc) is 2.92. The quantitative estimate of drug-likeness (QED) is 0.736. The fourth-order valence-electron chi connectivity index (χ4n) is 2.57. The van der Waals surface area contributed by atoms with Crippen molar-refractivity contribution in [1.82, 2.24) is 19.3 Å². The first kappa shape index (κ1) is 13.4. The molecule has 2 aromatic heterocycles. The van der Waals surface area contributed by atoms with Crippen LogP contribution in [0, 0.1) is 6.92 Å². The van der Waals surface area contributed by atoms with Crippen LogP contribution < -0.4 is 0 Å². The van der Waals surface area contributed by atoms with E-state index in [1.165, 1.54) is 11.2 Å². The van der Waals surface area contributed by atoms with Crippen LogP contribution in [0.5, 0.6) is 0 Å². The van der Waals surface area contributed by atoms with E-state index >= 15 is 0 Å². The number of para-hydroxylation sites is 2. The molecule has 20 heavy (non-hydrogen) atoms. The summed E-state index contributed by atoms with van der Waals surface area (Å²) in [6.07, 6.45) is 0.920. The summed E-state index contributed by atoms with van der Waals surface area (Å²) >= 11 is 3.64. The van der Waals surface area contributed by atoms with Crippen LogP contribution in [0.2, 0.25) is 0 Å². The molecule has 3 rings (SSSR count). The fourth-order valence-corrected chi connectivity index (χ4v) is 3.03. The molecule has 0 amide bonds. The normalized spacial score (nSPS) is 11.4. The first-order valence-electron chi connectivity index (χ1n) is 6.74. The summed E-state index contributed by atoms with van der Waals surface area (Å²) in [6, 6.07) is 8.28. The lowest BCUT2D eigenvalue weighted by atomic mass is 10.3. The summed E-state index contributed by atoms with van der Waals surface area (Å²) in [5, 5.41) is 4.46. The van der Waals surface area contributed by atoms with Gasteiger partial charge >= 0.3 is 0 Å². The van der Waals surface area contributed by atoms with Crippen LogP contribution in [-0.2, 0) is 20.0 Å². The van der Waals surface area contributed by atoms with E-state index in [1.54, 1.807) is 0 Å². The maximum absolute atomic E-state index is 4.71. The Balaban J connectivity index is 2.14. The van der Waals surface area contributed by atoms with Crippen molar-refractivity contribution in [2.45, 2.75) is 26.8 Å². The Morgan fingerprint density at radius 2 is 2.00 bits per heavy atom. The second-order valence-corrected chi connectivity index (χ2v) is 5.72. The summed E-state index contributed by atoms with van der Waals surface area (Å²) in [4.78, 5) is 4.71. The van der Waals surface area contributed by atoms with Gasteiger partial charge in [0.05, 0.1) is 33.4 Å². The highest BCUT2D eigenvalue weighted by atomic mass is 79.9. The Hall–Kier alpha value is -1.62. The van der Waals surface area contributed by atoms with Crippen molar-refractivity contribution in [1.29, 1.82) is 0 Å².